The van der Waals surface area contributed by atoms with Gasteiger partial charge in [-0.15, -0.1) is 0 Å². The van der Waals surface area contributed by atoms with E-state index in [1.54, 1.807) is 18.2 Å². The van der Waals surface area contributed by atoms with Crippen LogP contribution in [0.2, 0.25) is 0 Å². The Morgan fingerprint density at radius 3 is 2.76 bits per heavy atom. The molecule has 0 bridgehead atoms. The summed E-state index contributed by atoms with van der Waals surface area (Å²) in [5.41, 5.74) is 1.82. The van der Waals surface area contributed by atoms with Crippen LogP contribution in [0.15, 0.2) is 48.5 Å². The maximum atomic E-state index is 11.7. The molecule has 2 aromatic carbocycles. The Bertz CT molecular complexity index is 610. The molecule has 0 aliphatic carbocycles. The van der Waals surface area contributed by atoms with Crippen LogP contribution in [0.25, 0.3) is 0 Å². The minimum atomic E-state index is -0.106. The van der Waals surface area contributed by atoms with Crippen molar-refractivity contribution in [3.63, 3.8) is 0 Å². The summed E-state index contributed by atoms with van der Waals surface area (Å²) in [4.78, 5) is 11.7. The molecule has 2 rings (SSSR count). The van der Waals surface area contributed by atoms with Crippen molar-refractivity contribution in [3.05, 3.63) is 59.7 Å². The molecule has 4 heteroatoms. The monoisotopic (exact) mass is 285 g/mol. The van der Waals surface area contributed by atoms with Crippen LogP contribution in [0.5, 0.6) is 11.5 Å². The van der Waals surface area contributed by atoms with Crippen LogP contribution in [0.1, 0.15) is 17.5 Å². The van der Waals surface area contributed by atoms with E-state index < -0.39 is 0 Å². The topological polar surface area (TPSA) is 58.6 Å². The lowest BCUT2D eigenvalue weighted by atomic mass is 10.2. The Balaban J connectivity index is 1.72. The Kier molecular flexibility index (Phi) is 5.21. The lowest BCUT2D eigenvalue weighted by molar-refractivity contribution is -0.121. The van der Waals surface area contributed by atoms with Crippen LogP contribution in [0, 0.1) is 6.92 Å². The molecule has 21 heavy (non-hydrogen) atoms. The number of hydrogen-bond donors (Lipinski definition) is 2. The van der Waals surface area contributed by atoms with Crippen molar-refractivity contribution < 1.29 is 14.6 Å². The standard InChI is InChI=1S/C17H19NO3/c1-13-5-4-7-15(11-13)21-10-9-17(20)18-12-14-6-2-3-8-16(14)19/h2-8,11,19H,9-10,12H2,1H3,(H,18,20). The summed E-state index contributed by atoms with van der Waals surface area (Å²) < 4.78 is 5.52. The fourth-order valence-electron chi connectivity index (χ4n) is 1.91. The first-order valence-electron chi connectivity index (χ1n) is 6.88. The van der Waals surface area contributed by atoms with E-state index in [-0.39, 0.29) is 18.1 Å². The van der Waals surface area contributed by atoms with Crippen molar-refractivity contribution >= 4 is 5.91 Å². The van der Waals surface area contributed by atoms with Gasteiger partial charge in [-0.25, -0.2) is 0 Å². The summed E-state index contributed by atoms with van der Waals surface area (Å²) in [7, 11) is 0. The number of aryl methyl sites for hydroxylation is 1. The maximum Gasteiger partial charge on any atom is 0.223 e. The van der Waals surface area contributed by atoms with Gasteiger partial charge in [0.05, 0.1) is 13.0 Å². The molecular formula is C17H19NO3. The lowest BCUT2D eigenvalue weighted by Gasteiger charge is -2.08. The van der Waals surface area contributed by atoms with Crippen molar-refractivity contribution in [1.82, 2.24) is 5.32 Å². The molecule has 0 aliphatic heterocycles. The molecule has 0 fully saturated rings. The van der Waals surface area contributed by atoms with Crippen LogP contribution in [0.4, 0.5) is 0 Å². The number of phenols is 1. The number of ether oxygens (including phenoxy) is 1. The fraction of sp³-hybridized carbons (Fsp3) is 0.235. The van der Waals surface area contributed by atoms with E-state index in [0.29, 0.717) is 18.7 Å². The van der Waals surface area contributed by atoms with Crippen LogP contribution < -0.4 is 10.1 Å². The van der Waals surface area contributed by atoms with Gasteiger partial charge in [-0.3, -0.25) is 4.79 Å². The zero-order valence-corrected chi connectivity index (χ0v) is 12.0. The molecule has 0 heterocycles. The summed E-state index contributed by atoms with van der Waals surface area (Å²) in [6, 6.07) is 14.7. The number of phenolic OH excluding ortho intramolecular Hbond substituents is 1. The van der Waals surface area contributed by atoms with Crippen molar-refractivity contribution in [2.75, 3.05) is 6.61 Å². The molecule has 4 nitrogen and oxygen atoms in total. The smallest absolute Gasteiger partial charge is 0.223 e. The first-order valence-corrected chi connectivity index (χ1v) is 6.88. The van der Waals surface area contributed by atoms with Gasteiger partial charge >= 0.3 is 0 Å². The Labute approximate surface area is 124 Å². The van der Waals surface area contributed by atoms with Gasteiger partial charge in [0.2, 0.25) is 5.91 Å². The van der Waals surface area contributed by atoms with E-state index in [1.807, 2.05) is 37.3 Å². The molecule has 0 atom stereocenters. The molecule has 0 aliphatic rings. The first-order chi connectivity index (χ1) is 10.1. The molecule has 0 radical (unpaired) electrons. The molecule has 110 valence electrons. The average molecular weight is 285 g/mol. The van der Waals surface area contributed by atoms with Gasteiger partial charge < -0.3 is 15.2 Å². The predicted octanol–water partition coefficient (Wildman–Crippen LogP) is 2.79. The van der Waals surface area contributed by atoms with Crippen molar-refractivity contribution in [2.45, 2.75) is 19.9 Å². The second-order valence-electron chi connectivity index (χ2n) is 4.82. The highest BCUT2D eigenvalue weighted by Crippen LogP contribution is 2.15. The molecule has 0 saturated carbocycles. The Hall–Kier alpha value is -2.49. The third-order valence-electron chi connectivity index (χ3n) is 3.06. The number of carbonyl (C=O) groups is 1. The molecule has 0 aromatic heterocycles. The molecule has 0 spiro atoms. The van der Waals surface area contributed by atoms with E-state index in [0.717, 1.165) is 11.3 Å². The van der Waals surface area contributed by atoms with Gasteiger partial charge in [-0.2, -0.15) is 0 Å². The number of rotatable bonds is 6. The van der Waals surface area contributed by atoms with E-state index in [1.165, 1.54) is 0 Å². The van der Waals surface area contributed by atoms with E-state index in [4.69, 9.17) is 4.74 Å². The third kappa shape index (κ3) is 4.84. The Morgan fingerprint density at radius 2 is 2.00 bits per heavy atom. The summed E-state index contributed by atoms with van der Waals surface area (Å²) in [5.74, 6) is 0.850. The highest BCUT2D eigenvalue weighted by molar-refractivity contribution is 5.76. The normalized spacial score (nSPS) is 10.1. The highest BCUT2D eigenvalue weighted by Gasteiger charge is 2.04. The van der Waals surface area contributed by atoms with Crippen molar-refractivity contribution in [2.24, 2.45) is 0 Å². The van der Waals surface area contributed by atoms with E-state index >= 15 is 0 Å². The number of nitrogens with one attached hydrogen (secondary N) is 1. The quantitative estimate of drug-likeness (QED) is 0.858. The third-order valence-corrected chi connectivity index (χ3v) is 3.06. The summed E-state index contributed by atoms with van der Waals surface area (Å²) in [6.07, 6.45) is 0.279. The SMILES string of the molecule is Cc1cccc(OCCC(=O)NCc2ccccc2O)c1. The predicted molar refractivity (Wildman–Crippen MR) is 81.2 cm³/mol. The second-order valence-corrected chi connectivity index (χ2v) is 4.82. The average Bonchev–Trinajstić information content (AvgIpc) is 2.46. The van der Waals surface area contributed by atoms with Crippen LogP contribution in [-0.2, 0) is 11.3 Å². The molecular weight excluding hydrogens is 266 g/mol. The van der Waals surface area contributed by atoms with E-state index in [2.05, 4.69) is 5.32 Å². The zero-order chi connectivity index (χ0) is 15.1. The highest BCUT2D eigenvalue weighted by atomic mass is 16.5. The lowest BCUT2D eigenvalue weighted by Crippen LogP contribution is -2.24. The van der Waals surface area contributed by atoms with Gasteiger partial charge in [0, 0.05) is 12.1 Å². The first kappa shape index (κ1) is 14.9. The summed E-state index contributed by atoms with van der Waals surface area (Å²) >= 11 is 0. The van der Waals surface area contributed by atoms with Gasteiger partial charge in [0.25, 0.3) is 0 Å². The van der Waals surface area contributed by atoms with Gasteiger partial charge in [0.1, 0.15) is 11.5 Å². The maximum absolute atomic E-state index is 11.7. The Morgan fingerprint density at radius 1 is 1.19 bits per heavy atom. The fourth-order valence-corrected chi connectivity index (χ4v) is 1.91. The molecule has 0 unspecified atom stereocenters. The van der Waals surface area contributed by atoms with Crippen molar-refractivity contribution in [3.8, 4) is 11.5 Å². The molecule has 2 N–H and O–H groups in total. The molecule has 0 saturated heterocycles. The van der Waals surface area contributed by atoms with Gasteiger partial charge in [0.15, 0.2) is 0 Å². The van der Waals surface area contributed by atoms with Gasteiger partial charge in [-0.1, -0.05) is 30.3 Å². The summed E-state index contributed by atoms with van der Waals surface area (Å²) in [6.45, 7) is 2.64. The van der Waals surface area contributed by atoms with Crippen molar-refractivity contribution in [1.29, 1.82) is 0 Å². The number of para-hydroxylation sites is 1. The van der Waals surface area contributed by atoms with Crippen LogP contribution >= 0.6 is 0 Å². The molecule has 2 aromatic rings. The second kappa shape index (κ2) is 7.33. The number of hydrogen-bond acceptors (Lipinski definition) is 3. The number of benzene rings is 2. The minimum Gasteiger partial charge on any atom is -0.508 e. The van der Waals surface area contributed by atoms with Gasteiger partial charge in [-0.05, 0) is 30.7 Å². The number of aromatic hydroxyl groups is 1. The van der Waals surface area contributed by atoms with Crippen LogP contribution in [0.3, 0.4) is 0 Å². The minimum absolute atomic E-state index is 0.106. The largest absolute Gasteiger partial charge is 0.508 e. The number of amides is 1. The van der Waals surface area contributed by atoms with E-state index in [9.17, 15) is 9.90 Å². The number of carbonyl (C=O) groups excluding carboxylic acids is 1. The zero-order valence-electron chi connectivity index (χ0n) is 12.0. The summed E-state index contributed by atoms with van der Waals surface area (Å²) in [5, 5.41) is 12.4. The molecule has 1 amide bonds. The van der Waals surface area contributed by atoms with Crippen LogP contribution in [-0.4, -0.2) is 17.6 Å².